The Morgan fingerprint density at radius 2 is 2.00 bits per heavy atom. The van der Waals surface area contributed by atoms with Crippen molar-refractivity contribution in [1.29, 1.82) is 0 Å². The zero-order valence-electron chi connectivity index (χ0n) is 11.6. The van der Waals surface area contributed by atoms with Gasteiger partial charge in [0.15, 0.2) is 0 Å². The first-order chi connectivity index (χ1) is 8.79. The number of fused-ring (bicyclic) bond motifs is 2. The second kappa shape index (κ2) is 6.96. The molecule has 0 N–H and O–H groups in total. The van der Waals surface area contributed by atoms with Gasteiger partial charge in [0.2, 0.25) is 0 Å². The van der Waals surface area contributed by atoms with Crippen molar-refractivity contribution in [2.24, 2.45) is 17.8 Å². The summed E-state index contributed by atoms with van der Waals surface area (Å²) in [5.74, 6) is 2.07. The molecule has 1 fully saturated rings. The molecule has 0 spiro atoms. The highest BCUT2D eigenvalue weighted by Crippen LogP contribution is 2.43. The third-order valence-corrected chi connectivity index (χ3v) is 4.36. The smallest absolute Gasteiger partial charge is 0.305 e. The fourth-order valence-corrected chi connectivity index (χ4v) is 3.23. The molecular formula is C16H26O2. The minimum absolute atomic E-state index is 0.0123. The molecule has 18 heavy (non-hydrogen) atoms. The highest BCUT2D eigenvalue weighted by Gasteiger charge is 2.36. The molecule has 0 heterocycles. The van der Waals surface area contributed by atoms with Crippen molar-refractivity contribution < 1.29 is 9.53 Å². The number of carbonyl (C=O) groups excluding carboxylic acids is 1. The van der Waals surface area contributed by atoms with Crippen molar-refractivity contribution in [1.82, 2.24) is 0 Å². The molecule has 0 amide bonds. The Labute approximate surface area is 111 Å². The molecule has 0 unspecified atom stereocenters. The summed E-state index contributed by atoms with van der Waals surface area (Å²) in [6.07, 6.45) is 13.7. The van der Waals surface area contributed by atoms with Gasteiger partial charge in [-0.3, -0.25) is 4.79 Å². The third kappa shape index (κ3) is 3.86. The first-order valence-electron chi connectivity index (χ1n) is 7.63. The van der Waals surface area contributed by atoms with E-state index in [0.29, 0.717) is 24.9 Å². The summed E-state index contributed by atoms with van der Waals surface area (Å²) in [5, 5.41) is 0. The predicted molar refractivity (Wildman–Crippen MR) is 73.2 cm³/mol. The van der Waals surface area contributed by atoms with Crippen LogP contribution in [0.2, 0.25) is 0 Å². The lowest BCUT2D eigenvalue weighted by atomic mass is 9.95. The Morgan fingerprint density at radius 3 is 2.67 bits per heavy atom. The van der Waals surface area contributed by atoms with Crippen LogP contribution in [0.4, 0.5) is 0 Å². The van der Waals surface area contributed by atoms with Crippen LogP contribution in [0.25, 0.3) is 0 Å². The number of unbranched alkanes of at least 4 members (excludes halogenated alkanes) is 4. The third-order valence-electron chi connectivity index (χ3n) is 4.36. The number of hydrogen-bond donors (Lipinski definition) is 0. The molecule has 102 valence electrons. The summed E-state index contributed by atoms with van der Waals surface area (Å²) < 4.78 is 5.41. The number of carbonyl (C=O) groups is 1. The van der Waals surface area contributed by atoms with Gasteiger partial charge < -0.3 is 4.74 Å². The van der Waals surface area contributed by atoms with Crippen LogP contribution in [0.15, 0.2) is 12.2 Å². The zero-order valence-corrected chi connectivity index (χ0v) is 11.6. The largest absolute Gasteiger partial charge is 0.465 e. The summed E-state index contributed by atoms with van der Waals surface area (Å²) in [5.41, 5.74) is 0. The molecule has 0 aromatic rings. The minimum atomic E-state index is 0.0123. The molecule has 2 bridgehead atoms. The molecule has 2 aliphatic carbocycles. The Hall–Kier alpha value is -0.790. The van der Waals surface area contributed by atoms with E-state index in [1.54, 1.807) is 0 Å². The summed E-state index contributed by atoms with van der Waals surface area (Å²) in [4.78, 5) is 11.6. The van der Waals surface area contributed by atoms with Gasteiger partial charge in [0, 0.05) is 6.42 Å². The van der Waals surface area contributed by atoms with E-state index in [1.807, 2.05) is 0 Å². The molecule has 2 heteroatoms. The number of allylic oxidation sites excluding steroid dienone is 2. The Kier molecular flexibility index (Phi) is 5.27. The van der Waals surface area contributed by atoms with Crippen LogP contribution < -0.4 is 0 Å². The predicted octanol–water partition coefficient (Wildman–Crippen LogP) is 4.10. The van der Waals surface area contributed by atoms with Crippen LogP contribution in [0.5, 0.6) is 0 Å². The van der Waals surface area contributed by atoms with Crippen molar-refractivity contribution in [3.05, 3.63) is 12.2 Å². The molecule has 2 rings (SSSR count). The van der Waals surface area contributed by atoms with Gasteiger partial charge in [-0.15, -0.1) is 0 Å². The molecule has 0 aromatic carbocycles. The van der Waals surface area contributed by atoms with Crippen LogP contribution in [0, 0.1) is 17.8 Å². The van der Waals surface area contributed by atoms with E-state index in [-0.39, 0.29) is 5.97 Å². The fraction of sp³-hybridized carbons (Fsp3) is 0.812. The topological polar surface area (TPSA) is 26.3 Å². The maximum Gasteiger partial charge on any atom is 0.305 e. The summed E-state index contributed by atoms with van der Waals surface area (Å²) >= 11 is 0. The standard InChI is InChI=1S/C16H26O2/c1-2-3-4-5-6-7-16(17)18-12-15-11-13-8-9-14(15)10-13/h8-9,13-15H,2-7,10-12H2,1H3/t13-,14+,15-/m1/s1. The van der Waals surface area contributed by atoms with Crippen LogP contribution in [0.1, 0.15) is 58.3 Å². The summed E-state index contributed by atoms with van der Waals surface area (Å²) in [7, 11) is 0. The first-order valence-corrected chi connectivity index (χ1v) is 7.63. The number of rotatable bonds is 8. The highest BCUT2D eigenvalue weighted by atomic mass is 16.5. The molecule has 1 saturated carbocycles. The lowest BCUT2D eigenvalue weighted by molar-refractivity contribution is -0.145. The van der Waals surface area contributed by atoms with Gasteiger partial charge in [0.05, 0.1) is 6.61 Å². The van der Waals surface area contributed by atoms with Crippen molar-refractivity contribution in [2.45, 2.75) is 58.3 Å². The summed E-state index contributed by atoms with van der Waals surface area (Å²) in [6.45, 7) is 2.86. The van der Waals surface area contributed by atoms with Crippen LogP contribution >= 0.6 is 0 Å². The monoisotopic (exact) mass is 250 g/mol. The van der Waals surface area contributed by atoms with Crippen molar-refractivity contribution in [3.63, 3.8) is 0 Å². The lowest BCUT2D eigenvalue weighted by Crippen LogP contribution is -2.17. The highest BCUT2D eigenvalue weighted by molar-refractivity contribution is 5.69. The molecule has 2 aliphatic rings. The fourth-order valence-electron chi connectivity index (χ4n) is 3.23. The number of ether oxygens (including phenoxy) is 1. The van der Waals surface area contributed by atoms with E-state index >= 15 is 0 Å². The molecule has 2 nitrogen and oxygen atoms in total. The van der Waals surface area contributed by atoms with E-state index in [9.17, 15) is 4.79 Å². The van der Waals surface area contributed by atoms with E-state index in [4.69, 9.17) is 4.74 Å². The van der Waals surface area contributed by atoms with Gasteiger partial charge in [0.25, 0.3) is 0 Å². The van der Waals surface area contributed by atoms with Gasteiger partial charge in [-0.05, 0) is 37.0 Å². The molecular weight excluding hydrogens is 224 g/mol. The van der Waals surface area contributed by atoms with Crippen LogP contribution in [0.3, 0.4) is 0 Å². The number of hydrogen-bond acceptors (Lipinski definition) is 2. The Morgan fingerprint density at radius 1 is 1.17 bits per heavy atom. The maximum atomic E-state index is 11.6. The van der Waals surface area contributed by atoms with Crippen molar-refractivity contribution >= 4 is 5.97 Å². The van der Waals surface area contributed by atoms with Gasteiger partial charge in [0.1, 0.15) is 0 Å². The first kappa shape index (κ1) is 13.6. The van der Waals surface area contributed by atoms with E-state index in [0.717, 1.165) is 12.3 Å². The van der Waals surface area contributed by atoms with Crippen molar-refractivity contribution in [2.75, 3.05) is 6.61 Å². The zero-order chi connectivity index (χ0) is 12.8. The summed E-state index contributed by atoms with van der Waals surface area (Å²) in [6, 6.07) is 0. The van der Waals surface area contributed by atoms with Gasteiger partial charge in [-0.1, -0.05) is 44.8 Å². The SMILES string of the molecule is CCCCCCCC(=O)OC[C@H]1C[C@@H]2C=C[C@H]1C2. The van der Waals surface area contributed by atoms with Crippen molar-refractivity contribution in [3.8, 4) is 0 Å². The Bertz CT molecular complexity index is 295. The lowest BCUT2D eigenvalue weighted by Gasteiger charge is -2.17. The van der Waals surface area contributed by atoms with Gasteiger partial charge in [-0.2, -0.15) is 0 Å². The quantitative estimate of drug-likeness (QED) is 0.368. The molecule has 0 radical (unpaired) electrons. The van der Waals surface area contributed by atoms with Crippen LogP contribution in [-0.2, 0) is 9.53 Å². The average Bonchev–Trinajstić information content (AvgIpc) is 2.98. The second-order valence-electron chi connectivity index (χ2n) is 5.89. The number of esters is 1. The molecule has 0 saturated heterocycles. The van der Waals surface area contributed by atoms with Gasteiger partial charge in [-0.25, -0.2) is 0 Å². The Balaban J connectivity index is 1.51. The van der Waals surface area contributed by atoms with Gasteiger partial charge >= 0.3 is 5.97 Å². The van der Waals surface area contributed by atoms with E-state index < -0.39 is 0 Å². The average molecular weight is 250 g/mol. The molecule has 3 atom stereocenters. The van der Waals surface area contributed by atoms with Crippen LogP contribution in [-0.4, -0.2) is 12.6 Å². The molecule has 0 aromatic heterocycles. The van der Waals surface area contributed by atoms with E-state index in [1.165, 1.54) is 38.5 Å². The normalized spacial score (nSPS) is 28.8. The second-order valence-corrected chi connectivity index (χ2v) is 5.89. The maximum absolute atomic E-state index is 11.6. The molecule has 0 aliphatic heterocycles. The minimum Gasteiger partial charge on any atom is -0.465 e. The van der Waals surface area contributed by atoms with E-state index in [2.05, 4.69) is 19.1 Å².